The predicted octanol–water partition coefficient (Wildman–Crippen LogP) is 2.30. The van der Waals surface area contributed by atoms with Crippen molar-refractivity contribution < 1.29 is 9.90 Å². The van der Waals surface area contributed by atoms with Crippen LogP contribution in [0.4, 0.5) is 4.79 Å². The van der Waals surface area contributed by atoms with Crippen LogP contribution < -0.4 is 5.32 Å². The van der Waals surface area contributed by atoms with E-state index in [2.05, 4.69) is 10.2 Å². The topological polar surface area (TPSA) is 52.6 Å². The zero-order valence-electron chi connectivity index (χ0n) is 10.5. The van der Waals surface area contributed by atoms with Crippen LogP contribution in [0.25, 0.3) is 0 Å². The van der Waals surface area contributed by atoms with E-state index in [0.717, 1.165) is 13.0 Å². The van der Waals surface area contributed by atoms with Crippen molar-refractivity contribution in [1.29, 1.82) is 0 Å². The number of likely N-dealkylation sites (tertiary alicyclic amines) is 1. The number of carboxylic acid groups (broad SMARTS) is 1. The average molecular weight is 228 g/mol. The maximum absolute atomic E-state index is 10.6. The molecular formula is C12H24N2O2. The highest BCUT2D eigenvalue weighted by Gasteiger charge is 2.21. The minimum atomic E-state index is -0.930. The standard InChI is InChI=1S/C12H24N2O2/c1-12(2,13-11(15)16)7-10-14-8-5-3-4-6-9-14/h13H,3-10H2,1-2H3,(H,15,16). The van der Waals surface area contributed by atoms with E-state index in [0.29, 0.717) is 0 Å². The van der Waals surface area contributed by atoms with Gasteiger partial charge in [-0.3, -0.25) is 0 Å². The van der Waals surface area contributed by atoms with E-state index < -0.39 is 6.09 Å². The van der Waals surface area contributed by atoms with E-state index in [1.807, 2.05) is 13.8 Å². The number of amides is 1. The first-order valence-electron chi connectivity index (χ1n) is 6.23. The Hall–Kier alpha value is -0.770. The molecule has 0 atom stereocenters. The second kappa shape index (κ2) is 6.09. The Morgan fingerprint density at radius 1 is 1.25 bits per heavy atom. The van der Waals surface area contributed by atoms with Gasteiger partial charge in [0.15, 0.2) is 0 Å². The Morgan fingerprint density at radius 3 is 2.31 bits per heavy atom. The van der Waals surface area contributed by atoms with Gasteiger partial charge in [-0.2, -0.15) is 0 Å². The third-order valence-corrected chi connectivity index (χ3v) is 3.20. The maximum atomic E-state index is 10.6. The fourth-order valence-electron chi connectivity index (χ4n) is 2.15. The lowest BCUT2D eigenvalue weighted by atomic mass is 10.0. The molecule has 16 heavy (non-hydrogen) atoms. The van der Waals surface area contributed by atoms with Crippen LogP contribution in [0.5, 0.6) is 0 Å². The first kappa shape index (κ1) is 13.3. The summed E-state index contributed by atoms with van der Waals surface area (Å²) < 4.78 is 0. The second-order valence-corrected chi connectivity index (χ2v) is 5.32. The van der Waals surface area contributed by atoms with Crippen LogP contribution in [0.3, 0.4) is 0 Å². The largest absolute Gasteiger partial charge is 0.465 e. The van der Waals surface area contributed by atoms with Gasteiger partial charge >= 0.3 is 6.09 Å². The highest BCUT2D eigenvalue weighted by atomic mass is 16.4. The average Bonchev–Trinajstić information content (AvgIpc) is 2.40. The molecule has 0 radical (unpaired) electrons. The smallest absolute Gasteiger partial charge is 0.405 e. The van der Waals surface area contributed by atoms with Gasteiger partial charge in [-0.1, -0.05) is 12.8 Å². The summed E-state index contributed by atoms with van der Waals surface area (Å²) in [6.45, 7) is 7.22. The third kappa shape index (κ3) is 5.35. The molecule has 1 aliphatic rings. The molecule has 4 nitrogen and oxygen atoms in total. The molecular weight excluding hydrogens is 204 g/mol. The molecule has 0 bridgehead atoms. The fraction of sp³-hybridized carbons (Fsp3) is 0.917. The number of nitrogens with one attached hydrogen (secondary N) is 1. The highest BCUT2D eigenvalue weighted by Crippen LogP contribution is 2.13. The zero-order valence-corrected chi connectivity index (χ0v) is 10.5. The zero-order chi connectivity index (χ0) is 12.0. The lowest BCUT2D eigenvalue weighted by Crippen LogP contribution is -2.45. The van der Waals surface area contributed by atoms with Crippen molar-refractivity contribution in [2.75, 3.05) is 19.6 Å². The molecule has 0 aromatic carbocycles. The van der Waals surface area contributed by atoms with Crippen LogP contribution in [0.15, 0.2) is 0 Å². The molecule has 0 unspecified atom stereocenters. The van der Waals surface area contributed by atoms with Crippen LogP contribution in [-0.2, 0) is 0 Å². The summed E-state index contributed by atoms with van der Waals surface area (Å²) in [5, 5.41) is 11.3. The predicted molar refractivity (Wildman–Crippen MR) is 64.8 cm³/mol. The molecule has 1 heterocycles. The van der Waals surface area contributed by atoms with Crippen LogP contribution in [-0.4, -0.2) is 41.3 Å². The van der Waals surface area contributed by atoms with E-state index in [4.69, 9.17) is 5.11 Å². The highest BCUT2D eigenvalue weighted by molar-refractivity contribution is 5.65. The lowest BCUT2D eigenvalue weighted by Gasteiger charge is -2.28. The molecule has 2 N–H and O–H groups in total. The van der Waals surface area contributed by atoms with Crippen molar-refractivity contribution in [3.63, 3.8) is 0 Å². The summed E-state index contributed by atoms with van der Waals surface area (Å²) in [6, 6.07) is 0. The first-order chi connectivity index (χ1) is 7.49. The molecule has 0 aromatic heterocycles. The maximum Gasteiger partial charge on any atom is 0.405 e. The van der Waals surface area contributed by atoms with Gasteiger partial charge in [0.05, 0.1) is 0 Å². The van der Waals surface area contributed by atoms with Crippen LogP contribution >= 0.6 is 0 Å². The fourth-order valence-corrected chi connectivity index (χ4v) is 2.15. The summed E-state index contributed by atoms with van der Waals surface area (Å²) in [5.41, 5.74) is -0.321. The Bertz CT molecular complexity index is 221. The van der Waals surface area contributed by atoms with Gasteiger partial charge in [0.2, 0.25) is 0 Å². The van der Waals surface area contributed by atoms with E-state index in [1.165, 1.54) is 38.8 Å². The molecule has 94 valence electrons. The van der Waals surface area contributed by atoms with Crippen LogP contribution in [0, 0.1) is 0 Å². The number of rotatable bonds is 4. The van der Waals surface area contributed by atoms with E-state index >= 15 is 0 Å². The Morgan fingerprint density at radius 2 is 1.81 bits per heavy atom. The van der Waals surface area contributed by atoms with Crippen molar-refractivity contribution in [2.24, 2.45) is 0 Å². The molecule has 0 saturated carbocycles. The third-order valence-electron chi connectivity index (χ3n) is 3.20. The monoisotopic (exact) mass is 228 g/mol. The molecule has 1 amide bonds. The Kier molecular flexibility index (Phi) is 5.06. The van der Waals surface area contributed by atoms with Gasteiger partial charge in [0, 0.05) is 12.1 Å². The van der Waals surface area contributed by atoms with E-state index in [9.17, 15) is 4.79 Å². The summed E-state index contributed by atoms with van der Waals surface area (Å²) in [7, 11) is 0. The number of carbonyl (C=O) groups is 1. The molecule has 4 heteroatoms. The molecule has 1 fully saturated rings. The Balaban J connectivity index is 2.28. The van der Waals surface area contributed by atoms with Crippen molar-refractivity contribution in [2.45, 2.75) is 51.5 Å². The molecule has 0 aromatic rings. The number of nitrogens with zero attached hydrogens (tertiary/aromatic N) is 1. The summed E-state index contributed by atoms with van der Waals surface area (Å²) in [6.07, 6.45) is 5.19. The van der Waals surface area contributed by atoms with Gasteiger partial charge in [-0.15, -0.1) is 0 Å². The lowest BCUT2D eigenvalue weighted by molar-refractivity contribution is 0.175. The van der Waals surface area contributed by atoms with Crippen molar-refractivity contribution in [3.05, 3.63) is 0 Å². The van der Waals surface area contributed by atoms with Crippen LogP contribution in [0.2, 0.25) is 0 Å². The van der Waals surface area contributed by atoms with Crippen LogP contribution in [0.1, 0.15) is 46.0 Å². The minimum absolute atomic E-state index is 0.321. The molecule has 0 spiro atoms. The van der Waals surface area contributed by atoms with E-state index in [1.54, 1.807) is 0 Å². The summed E-state index contributed by atoms with van der Waals surface area (Å²) in [4.78, 5) is 13.1. The van der Waals surface area contributed by atoms with Gasteiger partial charge in [-0.25, -0.2) is 4.79 Å². The van der Waals surface area contributed by atoms with Crippen molar-refractivity contribution in [1.82, 2.24) is 10.2 Å². The SMILES string of the molecule is CC(C)(CCN1CCCCCC1)NC(=O)O. The van der Waals surface area contributed by atoms with Crippen molar-refractivity contribution in [3.8, 4) is 0 Å². The number of hydrogen-bond donors (Lipinski definition) is 2. The normalized spacial score (nSPS) is 19.1. The summed E-state index contributed by atoms with van der Waals surface area (Å²) >= 11 is 0. The minimum Gasteiger partial charge on any atom is -0.465 e. The molecule has 1 rings (SSSR count). The molecule has 0 aliphatic carbocycles. The number of hydrogen-bond acceptors (Lipinski definition) is 2. The van der Waals surface area contributed by atoms with Gasteiger partial charge < -0.3 is 15.3 Å². The molecule has 1 aliphatic heterocycles. The quantitative estimate of drug-likeness (QED) is 0.776. The molecule has 1 saturated heterocycles. The first-order valence-corrected chi connectivity index (χ1v) is 6.23. The summed E-state index contributed by atoms with van der Waals surface area (Å²) in [5.74, 6) is 0. The Labute approximate surface area is 98.0 Å². The van der Waals surface area contributed by atoms with E-state index in [-0.39, 0.29) is 5.54 Å². The van der Waals surface area contributed by atoms with Gasteiger partial charge in [0.25, 0.3) is 0 Å². The second-order valence-electron chi connectivity index (χ2n) is 5.32. The van der Waals surface area contributed by atoms with Gasteiger partial charge in [-0.05, 0) is 46.2 Å². The van der Waals surface area contributed by atoms with Crippen molar-refractivity contribution >= 4 is 6.09 Å². The van der Waals surface area contributed by atoms with Gasteiger partial charge in [0.1, 0.15) is 0 Å².